The van der Waals surface area contributed by atoms with Crippen molar-refractivity contribution < 1.29 is 4.79 Å². The highest BCUT2D eigenvalue weighted by molar-refractivity contribution is 9.10. The first-order valence-electron chi connectivity index (χ1n) is 4.05. The quantitative estimate of drug-likeness (QED) is 0.755. The third kappa shape index (κ3) is 1.37. The molecule has 70 valence electrons. The largest absolute Gasteiger partial charge is 0.311 e. The van der Waals surface area contributed by atoms with E-state index in [0.717, 1.165) is 10.4 Å². The van der Waals surface area contributed by atoms with Crippen LogP contribution in [-0.4, -0.2) is 15.7 Å². The Bertz CT molecular complexity index is 369. The number of anilines is 1. The number of fused-ring (bicyclic) bond motifs is 1. The lowest BCUT2D eigenvalue weighted by molar-refractivity contribution is -0.118. The van der Waals surface area contributed by atoms with Gasteiger partial charge in [-0.25, -0.2) is 4.68 Å². The Kier molecular flexibility index (Phi) is 1.73. The molecule has 5 heteroatoms. The summed E-state index contributed by atoms with van der Waals surface area (Å²) in [4.78, 5) is 11.3. The number of carbonyl (C=O) groups excluding carboxylic acids is 1. The average molecular weight is 244 g/mol. The predicted octanol–water partition coefficient (Wildman–Crippen LogP) is 1.72. The van der Waals surface area contributed by atoms with Gasteiger partial charge in [-0.1, -0.05) is 0 Å². The fraction of sp³-hybridized carbons (Fsp3) is 0.500. The first-order chi connectivity index (χ1) is 5.99. The topological polar surface area (TPSA) is 46.9 Å². The van der Waals surface area contributed by atoms with Crippen molar-refractivity contribution in [3.8, 4) is 0 Å². The van der Waals surface area contributed by atoms with Crippen LogP contribution in [0.15, 0.2) is 10.7 Å². The van der Waals surface area contributed by atoms with Crippen molar-refractivity contribution in [1.82, 2.24) is 9.78 Å². The minimum Gasteiger partial charge on any atom is -0.311 e. The zero-order valence-electron chi connectivity index (χ0n) is 7.47. The van der Waals surface area contributed by atoms with Crippen LogP contribution in [0.25, 0.3) is 0 Å². The smallest absolute Gasteiger partial charge is 0.227 e. The molecule has 1 aromatic heterocycles. The number of nitrogens with zero attached hydrogens (tertiary/aromatic N) is 2. The molecule has 0 radical (unpaired) electrons. The Labute approximate surface area is 84.4 Å². The highest BCUT2D eigenvalue weighted by atomic mass is 79.9. The Hall–Kier alpha value is -0.840. The third-order valence-electron chi connectivity index (χ3n) is 2.11. The van der Waals surface area contributed by atoms with E-state index in [1.165, 1.54) is 0 Å². The molecule has 0 saturated heterocycles. The normalized spacial score (nSPS) is 19.5. The minimum absolute atomic E-state index is 0.0462. The summed E-state index contributed by atoms with van der Waals surface area (Å²) < 4.78 is 2.58. The summed E-state index contributed by atoms with van der Waals surface area (Å²) >= 11 is 3.28. The van der Waals surface area contributed by atoms with Gasteiger partial charge in [0, 0.05) is 6.07 Å². The van der Waals surface area contributed by atoms with E-state index < -0.39 is 0 Å². The van der Waals surface area contributed by atoms with Crippen molar-refractivity contribution in [2.75, 3.05) is 5.32 Å². The second kappa shape index (κ2) is 2.57. The van der Waals surface area contributed by atoms with Crippen LogP contribution in [0.5, 0.6) is 0 Å². The molecular formula is C8H10BrN3O. The van der Waals surface area contributed by atoms with E-state index in [4.69, 9.17) is 0 Å². The maximum Gasteiger partial charge on any atom is 0.227 e. The molecule has 2 rings (SSSR count). The van der Waals surface area contributed by atoms with Gasteiger partial charge in [-0.15, -0.1) is 0 Å². The van der Waals surface area contributed by atoms with E-state index in [-0.39, 0.29) is 11.4 Å². The lowest BCUT2D eigenvalue weighted by Gasteiger charge is -2.30. The molecule has 0 aromatic carbocycles. The SMILES string of the molecule is CC1(C)CC(=O)Nc2cc(Br)nn21. The molecule has 0 saturated carbocycles. The van der Waals surface area contributed by atoms with Gasteiger partial charge < -0.3 is 5.32 Å². The molecule has 13 heavy (non-hydrogen) atoms. The van der Waals surface area contributed by atoms with Gasteiger partial charge in [-0.3, -0.25) is 4.79 Å². The Balaban J connectivity index is 2.55. The molecule has 1 N–H and O–H groups in total. The molecule has 0 unspecified atom stereocenters. The number of halogens is 1. The van der Waals surface area contributed by atoms with E-state index >= 15 is 0 Å². The van der Waals surface area contributed by atoms with Gasteiger partial charge in [0.15, 0.2) is 0 Å². The van der Waals surface area contributed by atoms with E-state index in [1.807, 2.05) is 18.5 Å². The van der Waals surface area contributed by atoms with Crippen LogP contribution in [-0.2, 0) is 10.3 Å². The number of hydrogen-bond donors (Lipinski definition) is 1. The first kappa shape index (κ1) is 8.74. The van der Waals surface area contributed by atoms with E-state index in [9.17, 15) is 4.79 Å². The van der Waals surface area contributed by atoms with Crippen molar-refractivity contribution in [3.63, 3.8) is 0 Å². The molecule has 0 aliphatic carbocycles. The maximum atomic E-state index is 11.3. The van der Waals surface area contributed by atoms with E-state index in [2.05, 4.69) is 26.3 Å². The summed E-state index contributed by atoms with van der Waals surface area (Å²) in [5, 5.41) is 7.02. The zero-order chi connectivity index (χ0) is 9.64. The molecule has 0 spiro atoms. The maximum absolute atomic E-state index is 11.3. The molecule has 4 nitrogen and oxygen atoms in total. The molecule has 0 bridgehead atoms. The fourth-order valence-electron chi connectivity index (χ4n) is 1.56. The van der Waals surface area contributed by atoms with Crippen molar-refractivity contribution >= 4 is 27.7 Å². The van der Waals surface area contributed by atoms with Gasteiger partial charge in [-0.2, -0.15) is 5.10 Å². The molecule has 2 heterocycles. The first-order valence-corrected chi connectivity index (χ1v) is 4.84. The lowest BCUT2D eigenvalue weighted by atomic mass is 9.99. The van der Waals surface area contributed by atoms with Crippen molar-refractivity contribution in [2.45, 2.75) is 25.8 Å². The van der Waals surface area contributed by atoms with Crippen molar-refractivity contribution in [1.29, 1.82) is 0 Å². The second-order valence-electron chi connectivity index (χ2n) is 3.80. The Morgan fingerprint density at radius 2 is 2.38 bits per heavy atom. The summed E-state index contributed by atoms with van der Waals surface area (Å²) in [5.41, 5.74) is -0.232. The lowest BCUT2D eigenvalue weighted by Crippen LogP contribution is -2.38. The number of amides is 1. The number of rotatable bonds is 0. The molecular weight excluding hydrogens is 234 g/mol. The zero-order valence-corrected chi connectivity index (χ0v) is 9.05. The van der Waals surface area contributed by atoms with Crippen molar-refractivity contribution in [3.05, 3.63) is 10.7 Å². The van der Waals surface area contributed by atoms with Gasteiger partial charge in [0.25, 0.3) is 0 Å². The third-order valence-corrected chi connectivity index (χ3v) is 2.50. The van der Waals surface area contributed by atoms with Gasteiger partial charge >= 0.3 is 0 Å². The van der Waals surface area contributed by atoms with Crippen LogP contribution in [0.2, 0.25) is 0 Å². The van der Waals surface area contributed by atoms with E-state index in [1.54, 1.807) is 6.07 Å². The molecule has 1 amide bonds. The Morgan fingerprint density at radius 3 is 3.08 bits per heavy atom. The monoisotopic (exact) mass is 243 g/mol. The average Bonchev–Trinajstić information content (AvgIpc) is 2.28. The number of carbonyl (C=O) groups is 1. The number of hydrogen-bond acceptors (Lipinski definition) is 2. The predicted molar refractivity (Wildman–Crippen MR) is 52.5 cm³/mol. The van der Waals surface area contributed by atoms with Crippen LogP contribution >= 0.6 is 15.9 Å². The van der Waals surface area contributed by atoms with Crippen LogP contribution in [0.3, 0.4) is 0 Å². The Morgan fingerprint density at radius 1 is 1.69 bits per heavy atom. The van der Waals surface area contributed by atoms with Crippen LogP contribution in [0.4, 0.5) is 5.82 Å². The standard InChI is InChI=1S/C8H10BrN3O/c1-8(2)4-7(13)10-6-3-5(9)11-12(6)8/h3H,4H2,1-2H3,(H,10,13). The molecule has 0 atom stereocenters. The van der Waals surface area contributed by atoms with Gasteiger partial charge in [0.2, 0.25) is 5.91 Å². The number of nitrogens with one attached hydrogen (secondary N) is 1. The molecule has 1 aromatic rings. The summed E-state index contributed by atoms with van der Waals surface area (Å²) in [6, 6.07) is 1.80. The summed E-state index contributed by atoms with van der Waals surface area (Å²) in [6.45, 7) is 3.99. The minimum atomic E-state index is -0.232. The summed E-state index contributed by atoms with van der Waals surface area (Å²) in [5.74, 6) is 0.804. The summed E-state index contributed by atoms with van der Waals surface area (Å²) in [6.07, 6.45) is 0.466. The van der Waals surface area contributed by atoms with Crippen LogP contribution in [0, 0.1) is 0 Å². The van der Waals surface area contributed by atoms with Crippen LogP contribution in [0.1, 0.15) is 20.3 Å². The highest BCUT2D eigenvalue weighted by Crippen LogP contribution is 2.30. The van der Waals surface area contributed by atoms with E-state index in [0.29, 0.717) is 6.42 Å². The van der Waals surface area contributed by atoms with Gasteiger partial charge in [0.05, 0.1) is 12.0 Å². The highest BCUT2D eigenvalue weighted by Gasteiger charge is 2.32. The fourth-order valence-corrected chi connectivity index (χ4v) is 1.93. The van der Waals surface area contributed by atoms with Gasteiger partial charge in [-0.05, 0) is 29.8 Å². The molecule has 0 fully saturated rings. The van der Waals surface area contributed by atoms with Crippen LogP contribution < -0.4 is 5.32 Å². The van der Waals surface area contributed by atoms with Gasteiger partial charge in [0.1, 0.15) is 10.4 Å². The second-order valence-corrected chi connectivity index (χ2v) is 4.61. The van der Waals surface area contributed by atoms with Crippen molar-refractivity contribution in [2.24, 2.45) is 0 Å². The summed E-state index contributed by atoms with van der Waals surface area (Å²) in [7, 11) is 0. The molecule has 1 aliphatic heterocycles. The molecule has 1 aliphatic rings. The number of aromatic nitrogens is 2.